The van der Waals surface area contributed by atoms with Gasteiger partial charge in [-0.15, -0.1) is 0 Å². The molecule has 0 saturated heterocycles. The first-order chi connectivity index (χ1) is 10.5. The molecule has 0 aromatic carbocycles. The van der Waals surface area contributed by atoms with Crippen LogP contribution in [0.5, 0.6) is 0 Å². The smallest absolute Gasteiger partial charge is 0.225 e. The first kappa shape index (κ1) is 24.2. The highest BCUT2D eigenvalue weighted by Gasteiger charge is 2.40. The van der Waals surface area contributed by atoms with Crippen LogP contribution < -0.4 is 0 Å². The number of carbonyl (C=O) groups is 2. The Balaban J connectivity index is 0. The van der Waals surface area contributed by atoms with E-state index in [0.29, 0.717) is 0 Å². The number of aliphatic hydroxyl groups excluding tert-OH is 8. The Bertz CT molecular complexity index is 335. The van der Waals surface area contributed by atoms with Gasteiger partial charge in [0.15, 0.2) is 18.7 Å². The number of hydrogen-bond acceptors (Lipinski definition) is 12. The third-order valence-electron chi connectivity index (χ3n) is 2.65. The molecule has 0 amide bonds. The van der Waals surface area contributed by atoms with Gasteiger partial charge in [0.05, 0.1) is 13.2 Å². The lowest BCUT2D eigenvalue weighted by Gasteiger charge is -2.27. The maximum Gasteiger partial charge on any atom is 0.225 e. The summed E-state index contributed by atoms with van der Waals surface area (Å²) >= 11 is 0. The first-order valence-corrected chi connectivity index (χ1v) is 6.16. The Kier molecular flexibility index (Phi) is 12.1. The van der Waals surface area contributed by atoms with Crippen molar-refractivity contribution in [1.82, 2.24) is 0 Å². The monoisotopic (exact) mass is 346 g/mol. The Morgan fingerprint density at radius 2 is 1.26 bits per heavy atom. The van der Waals surface area contributed by atoms with Gasteiger partial charge in [0.2, 0.25) is 5.79 Å². The average Bonchev–Trinajstić information content (AvgIpc) is 2.57. The highest BCUT2D eigenvalue weighted by Crippen LogP contribution is 2.10. The van der Waals surface area contributed by atoms with Gasteiger partial charge in [-0.1, -0.05) is 0 Å². The third-order valence-corrected chi connectivity index (χ3v) is 2.65. The van der Waals surface area contributed by atoms with E-state index in [-0.39, 0.29) is 12.6 Å². The molecular formula is C11H22O12. The van der Waals surface area contributed by atoms with Gasteiger partial charge in [-0.3, -0.25) is 0 Å². The minimum Gasteiger partial charge on any atom is -0.394 e. The highest BCUT2D eigenvalue weighted by molar-refractivity contribution is 5.57. The van der Waals surface area contributed by atoms with Crippen LogP contribution in [-0.2, 0) is 9.59 Å². The molecule has 0 fully saturated rings. The summed E-state index contributed by atoms with van der Waals surface area (Å²) in [6.07, 6.45) is -11.1. The van der Waals surface area contributed by atoms with E-state index in [2.05, 4.69) is 0 Å². The summed E-state index contributed by atoms with van der Waals surface area (Å²) in [5, 5.41) is 86.4. The van der Waals surface area contributed by atoms with Gasteiger partial charge in [0.1, 0.15) is 30.5 Å². The molecule has 0 bridgehead atoms. The zero-order valence-corrected chi connectivity index (χ0v) is 11.8. The fourth-order valence-electron chi connectivity index (χ4n) is 1.05. The molecule has 138 valence electrons. The molecule has 0 aliphatic rings. The van der Waals surface area contributed by atoms with E-state index in [1.165, 1.54) is 0 Å². The molecule has 0 aromatic rings. The summed E-state index contributed by atoms with van der Waals surface area (Å²) in [5.41, 5.74) is 0. The van der Waals surface area contributed by atoms with Gasteiger partial charge in [-0.05, 0) is 0 Å². The van der Waals surface area contributed by atoms with Gasteiger partial charge in [-0.2, -0.15) is 0 Å². The lowest BCUT2D eigenvalue weighted by molar-refractivity contribution is -0.270. The summed E-state index contributed by atoms with van der Waals surface area (Å²) in [6.45, 7) is -1.72. The first-order valence-electron chi connectivity index (χ1n) is 6.16. The number of hydrogen-bond donors (Lipinski definition) is 10. The number of aldehydes is 2. The minimum absolute atomic E-state index is 0.0258. The van der Waals surface area contributed by atoms with E-state index in [1.807, 2.05) is 0 Å². The maximum atomic E-state index is 9.90. The Morgan fingerprint density at radius 3 is 1.57 bits per heavy atom. The second-order valence-corrected chi connectivity index (χ2v) is 4.42. The quantitative estimate of drug-likeness (QED) is 0.138. The zero-order valence-electron chi connectivity index (χ0n) is 11.8. The molecule has 23 heavy (non-hydrogen) atoms. The molecule has 0 radical (unpaired) electrons. The minimum atomic E-state index is -2.99. The van der Waals surface area contributed by atoms with Gasteiger partial charge < -0.3 is 60.7 Å². The van der Waals surface area contributed by atoms with Crippen molar-refractivity contribution in [3.05, 3.63) is 0 Å². The largest absolute Gasteiger partial charge is 0.394 e. The second-order valence-electron chi connectivity index (χ2n) is 4.42. The van der Waals surface area contributed by atoms with E-state index in [4.69, 9.17) is 51.1 Å². The van der Waals surface area contributed by atoms with Crippen LogP contribution in [0.1, 0.15) is 0 Å². The van der Waals surface area contributed by atoms with Crippen LogP contribution in [0.15, 0.2) is 0 Å². The molecule has 0 heterocycles. The molecule has 0 aromatic heterocycles. The third kappa shape index (κ3) is 7.85. The molecule has 0 rings (SSSR count). The van der Waals surface area contributed by atoms with Crippen molar-refractivity contribution >= 4 is 12.6 Å². The van der Waals surface area contributed by atoms with E-state index in [1.54, 1.807) is 0 Å². The Labute approximate surface area is 130 Å². The SMILES string of the molecule is O=CC(O)C(O)(O)C(O)CO.O=CC(O)C(O)C(O)C(O)CO. The molecule has 0 saturated carbocycles. The van der Waals surface area contributed by atoms with Crippen molar-refractivity contribution in [3.8, 4) is 0 Å². The molecule has 0 spiro atoms. The predicted molar refractivity (Wildman–Crippen MR) is 69.5 cm³/mol. The Hall–Kier alpha value is -1.06. The topological polar surface area (TPSA) is 236 Å². The van der Waals surface area contributed by atoms with Gasteiger partial charge >= 0.3 is 0 Å². The van der Waals surface area contributed by atoms with E-state index in [0.717, 1.165) is 0 Å². The van der Waals surface area contributed by atoms with Crippen molar-refractivity contribution in [2.75, 3.05) is 13.2 Å². The molecule has 10 N–H and O–H groups in total. The van der Waals surface area contributed by atoms with Crippen LogP contribution in [-0.4, -0.2) is 119 Å². The van der Waals surface area contributed by atoms with E-state index >= 15 is 0 Å². The van der Waals surface area contributed by atoms with E-state index in [9.17, 15) is 9.59 Å². The van der Waals surface area contributed by atoms with Crippen molar-refractivity contribution in [1.29, 1.82) is 0 Å². The molecule has 0 aliphatic heterocycles. The lowest BCUT2D eigenvalue weighted by Crippen LogP contribution is -2.54. The number of aliphatic hydroxyl groups is 10. The maximum absolute atomic E-state index is 9.90. The normalized spacial score (nSPS) is 19.4. The van der Waals surface area contributed by atoms with Crippen LogP contribution in [0.4, 0.5) is 0 Å². The molecule has 12 heteroatoms. The molecular weight excluding hydrogens is 324 g/mol. The van der Waals surface area contributed by atoms with Crippen LogP contribution >= 0.6 is 0 Å². The number of carbonyl (C=O) groups excluding carboxylic acids is 2. The number of rotatable bonds is 9. The molecule has 0 aliphatic carbocycles. The summed E-state index contributed by atoms with van der Waals surface area (Å²) in [6, 6.07) is 0. The van der Waals surface area contributed by atoms with E-state index < -0.39 is 55.6 Å². The van der Waals surface area contributed by atoms with Crippen LogP contribution in [0, 0.1) is 0 Å². The zero-order chi connectivity index (χ0) is 18.8. The van der Waals surface area contributed by atoms with Gasteiger partial charge in [0.25, 0.3) is 0 Å². The van der Waals surface area contributed by atoms with Crippen molar-refractivity contribution < 1.29 is 60.7 Å². The summed E-state index contributed by atoms with van der Waals surface area (Å²) in [4.78, 5) is 19.7. The lowest BCUT2D eigenvalue weighted by atomic mass is 10.0. The summed E-state index contributed by atoms with van der Waals surface area (Å²) in [7, 11) is 0. The second kappa shape index (κ2) is 11.5. The van der Waals surface area contributed by atoms with Crippen molar-refractivity contribution in [2.24, 2.45) is 0 Å². The molecule has 12 nitrogen and oxygen atoms in total. The molecule has 6 unspecified atom stereocenters. The summed E-state index contributed by atoms with van der Waals surface area (Å²) in [5.74, 6) is -2.99. The fraction of sp³-hybridized carbons (Fsp3) is 0.818. The van der Waals surface area contributed by atoms with Crippen molar-refractivity contribution in [2.45, 2.75) is 42.4 Å². The fourth-order valence-corrected chi connectivity index (χ4v) is 1.05. The standard InChI is InChI=1S/C6H12O6.C5H10O6/c7-1-3(9)5(11)6(12)4(10)2-8;6-1-3(8)5(10,11)4(9)2-7/h1,3-6,8-12H,2H2;1,3-4,7-11H,2H2. The molecule has 6 atom stereocenters. The van der Waals surface area contributed by atoms with Crippen LogP contribution in [0.25, 0.3) is 0 Å². The van der Waals surface area contributed by atoms with Crippen LogP contribution in [0.3, 0.4) is 0 Å². The summed E-state index contributed by atoms with van der Waals surface area (Å²) < 4.78 is 0. The van der Waals surface area contributed by atoms with Crippen LogP contribution in [0.2, 0.25) is 0 Å². The van der Waals surface area contributed by atoms with Gasteiger partial charge in [-0.25, -0.2) is 0 Å². The average molecular weight is 346 g/mol. The van der Waals surface area contributed by atoms with Crippen molar-refractivity contribution in [3.63, 3.8) is 0 Å². The Morgan fingerprint density at radius 1 is 0.783 bits per heavy atom. The highest BCUT2D eigenvalue weighted by atomic mass is 16.5. The predicted octanol–water partition coefficient (Wildman–Crippen LogP) is -6.80. The van der Waals surface area contributed by atoms with Gasteiger partial charge in [0, 0.05) is 0 Å².